The van der Waals surface area contributed by atoms with Gasteiger partial charge in [-0.1, -0.05) is 6.07 Å². The van der Waals surface area contributed by atoms with E-state index in [0.29, 0.717) is 5.56 Å². The Morgan fingerprint density at radius 1 is 1.25 bits per heavy atom. The standard InChI is InChI=1S/C22H16F4N4O2/c1-12-19(14-5-6-29-18(8-14)22(24,25)26)20(31)16(21(32)28-2)11-30(12)10-13-3-4-15(9-27)17(23)7-13/h3-8,11H,10H2,1-2H3,(H,28,32). The van der Waals surface area contributed by atoms with Crippen LogP contribution in [0.25, 0.3) is 11.1 Å². The zero-order valence-corrected chi connectivity index (χ0v) is 16.9. The molecule has 0 aliphatic heterocycles. The fraction of sp³-hybridized carbons (Fsp3) is 0.182. The Morgan fingerprint density at radius 2 is 1.97 bits per heavy atom. The van der Waals surface area contributed by atoms with Gasteiger partial charge in [0.1, 0.15) is 23.1 Å². The first-order valence-electron chi connectivity index (χ1n) is 9.25. The van der Waals surface area contributed by atoms with Gasteiger partial charge in [-0.2, -0.15) is 18.4 Å². The number of benzene rings is 1. The Hall–Kier alpha value is -4.00. The zero-order chi connectivity index (χ0) is 23.6. The molecule has 0 aliphatic carbocycles. The first kappa shape index (κ1) is 22.7. The lowest BCUT2D eigenvalue weighted by Crippen LogP contribution is -2.29. The molecule has 3 aromatic rings. The topological polar surface area (TPSA) is 87.8 Å². The second kappa shape index (κ2) is 8.63. The molecule has 2 aromatic heterocycles. The molecule has 0 unspecified atom stereocenters. The number of carbonyl (C=O) groups excluding carboxylic acids is 1. The Balaban J connectivity index is 2.22. The maximum Gasteiger partial charge on any atom is 0.433 e. The van der Waals surface area contributed by atoms with Gasteiger partial charge in [0.05, 0.1) is 5.56 Å². The van der Waals surface area contributed by atoms with Gasteiger partial charge in [-0.15, -0.1) is 0 Å². The monoisotopic (exact) mass is 444 g/mol. The van der Waals surface area contributed by atoms with Crippen LogP contribution in [-0.2, 0) is 12.7 Å². The minimum absolute atomic E-state index is 0.00292. The SMILES string of the molecule is CNC(=O)c1cn(Cc2ccc(C#N)c(F)c2)c(C)c(-c2ccnc(C(F)(F)F)c2)c1=O. The number of nitrogens with one attached hydrogen (secondary N) is 1. The van der Waals surface area contributed by atoms with E-state index in [2.05, 4.69) is 10.3 Å². The van der Waals surface area contributed by atoms with E-state index in [0.717, 1.165) is 18.3 Å². The molecular weight excluding hydrogens is 428 g/mol. The van der Waals surface area contributed by atoms with Crippen molar-refractivity contribution in [1.82, 2.24) is 14.9 Å². The highest BCUT2D eigenvalue weighted by molar-refractivity contribution is 5.95. The molecule has 1 amide bonds. The van der Waals surface area contributed by atoms with Crippen molar-refractivity contribution in [1.29, 1.82) is 5.26 Å². The number of amides is 1. The largest absolute Gasteiger partial charge is 0.433 e. The third-order valence-electron chi connectivity index (χ3n) is 4.87. The molecule has 0 spiro atoms. The third-order valence-corrected chi connectivity index (χ3v) is 4.87. The first-order chi connectivity index (χ1) is 15.1. The summed E-state index contributed by atoms with van der Waals surface area (Å²) in [5.74, 6) is -1.46. The number of alkyl halides is 3. The van der Waals surface area contributed by atoms with Gasteiger partial charge in [-0.3, -0.25) is 14.6 Å². The van der Waals surface area contributed by atoms with Crippen LogP contribution < -0.4 is 10.7 Å². The van der Waals surface area contributed by atoms with E-state index in [1.807, 2.05) is 0 Å². The highest BCUT2D eigenvalue weighted by Gasteiger charge is 2.33. The molecule has 1 aromatic carbocycles. The number of hydrogen-bond donors (Lipinski definition) is 1. The van der Waals surface area contributed by atoms with Crippen LogP contribution >= 0.6 is 0 Å². The predicted octanol–water partition coefficient (Wildman–Crippen LogP) is 3.66. The van der Waals surface area contributed by atoms with E-state index < -0.39 is 29.0 Å². The lowest BCUT2D eigenvalue weighted by molar-refractivity contribution is -0.141. The molecular formula is C22H16F4N4O2. The van der Waals surface area contributed by atoms with Gasteiger partial charge >= 0.3 is 6.18 Å². The molecule has 0 bridgehead atoms. The fourth-order valence-electron chi connectivity index (χ4n) is 3.24. The third kappa shape index (κ3) is 4.37. The van der Waals surface area contributed by atoms with Crippen LogP contribution in [-0.4, -0.2) is 22.5 Å². The molecule has 0 fully saturated rings. The number of nitriles is 1. The summed E-state index contributed by atoms with van der Waals surface area (Å²) in [6.45, 7) is 1.51. The highest BCUT2D eigenvalue weighted by atomic mass is 19.4. The summed E-state index contributed by atoms with van der Waals surface area (Å²) in [7, 11) is 1.32. The average Bonchev–Trinajstić information content (AvgIpc) is 2.75. The van der Waals surface area contributed by atoms with Gasteiger partial charge in [-0.25, -0.2) is 4.39 Å². The maximum absolute atomic E-state index is 14.0. The number of rotatable bonds is 4. The van der Waals surface area contributed by atoms with Crippen LogP contribution in [0.4, 0.5) is 17.6 Å². The summed E-state index contributed by atoms with van der Waals surface area (Å²) in [5.41, 5.74) is -1.82. The van der Waals surface area contributed by atoms with Crippen molar-refractivity contribution >= 4 is 5.91 Å². The van der Waals surface area contributed by atoms with E-state index in [1.165, 1.54) is 42.9 Å². The lowest BCUT2D eigenvalue weighted by Gasteiger charge is -2.17. The second-order valence-electron chi connectivity index (χ2n) is 6.89. The smallest absolute Gasteiger partial charge is 0.355 e. The van der Waals surface area contributed by atoms with Crippen LogP contribution in [0.2, 0.25) is 0 Å². The second-order valence-corrected chi connectivity index (χ2v) is 6.89. The Labute approximate surface area is 179 Å². The van der Waals surface area contributed by atoms with E-state index in [-0.39, 0.29) is 34.5 Å². The quantitative estimate of drug-likeness (QED) is 0.623. The molecule has 2 heterocycles. The van der Waals surface area contributed by atoms with Gasteiger partial charge < -0.3 is 9.88 Å². The first-order valence-corrected chi connectivity index (χ1v) is 9.25. The minimum atomic E-state index is -4.72. The molecule has 164 valence electrons. The van der Waals surface area contributed by atoms with E-state index in [1.54, 1.807) is 6.07 Å². The number of aromatic nitrogens is 2. The number of halogens is 4. The maximum atomic E-state index is 14.0. The molecule has 0 aliphatic rings. The fourth-order valence-corrected chi connectivity index (χ4v) is 3.24. The average molecular weight is 444 g/mol. The van der Waals surface area contributed by atoms with Crippen LogP contribution in [0.1, 0.15) is 32.9 Å². The Kier molecular flexibility index (Phi) is 6.11. The van der Waals surface area contributed by atoms with Crippen LogP contribution in [0.5, 0.6) is 0 Å². The Morgan fingerprint density at radius 3 is 2.56 bits per heavy atom. The van der Waals surface area contributed by atoms with Crippen molar-refractivity contribution in [3.63, 3.8) is 0 Å². The van der Waals surface area contributed by atoms with E-state index in [4.69, 9.17) is 5.26 Å². The van der Waals surface area contributed by atoms with Gasteiger partial charge in [0.15, 0.2) is 0 Å². The highest BCUT2D eigenvalue weighted by Crippen LogP contribution is 2.31. The lowest BCUT2D eigenvalue weighted by atomic mass is 10.0. The van der Waals surface area contributed by atoms with Crippen molar-refractivity contribution in [3.05, 3.63) is 86.8 Å². The van der Waals surface area contributed by atoms with E-state index >= 15 is 0 Å². The summed E-state index contributed by atoms with van der Waals surface area (Å²) in [4.78, 5) is 28.6. The number of nitrogens with zero attached hydrogens (tertiary/aromatic N) is 3. The molecule has 32 heavy (non-hydrogen) atoms. The summed E-state index contributed by atoms with van der Waals surface area (Å²) in [6.07, 6.45) is -2.52. The van der Waals surface area contributed by atoms with Crippen LogP contribution in [0.3, 0.4) is 0 Å². The Bertz CT molecular complexity index is 1310. The van der Waals surface area contributed by atoms with Crippen molar-refractivity contribution in [2.75, 3.05) is 7.05 Å². The van der Waals surface area contributed by atoms with Crippen molar-refractivity contribution < 1.29 is 22.4 Å². The molecule has 1 N–H and O–H groups in total. The minimum Gasteiger partial charge on any atom is -0.355 e. The summed E-state index contributed by atoms with van der Waals surface area (Å²) >= 11 is 0. The molecule has 3 rings (SSSR count). The van der Waals surface area contributed by atoms with Crippen molar-refractivity contribution in [2.24, 2.45) is 0 Å². The number of pyridine rings is 2. The van der Waals surface area contributed by atoms with Crippen molar-refractivity contribution in [3.8, 4) is 17.2 Å². The summed E-state index contributed by atoms with van der Waals surface area (Å²) in [6, 6.07) is 7.64. The molecule has 0 atom stereocenters. The van der Waals surface area contributed by atoms with Gasteiger partial charge in [0, 0.05) is 37.2 Å². The van der Waals surface area contributed by atoms with Crippen LogP contribution in [0, 0.1) is 24.1 Å². The number of hydrogen-bond acceptors (Lipinski definition) is 4. The molecule has 0 saturated heterocycles. The molecule has 10 heteroatoms. The number of carbonyl (C=O) groups is 1. The molecule has 6 nitrogen and oxygen atoms in total. The zero-order valence-electron chi connectivity index (χ0n) is 16.9. The van der Waals surface area contributed by atoms with Gasteiger partial charge in [0.25, 0.3) is 5.91 Å². The molecule has 0 radical (unpaired) electrons. The van der Waals surface area contributed by atoms with Gasteiger partial charge in [-0.05, 0) is 42.3 Å². The van der Waals surface area contributed by atoms with Crippen LogP contribution in [0.15, 0.2) is 47.5 Å². The normalized spacial score (nSPS) is 11.2. The predicted molar refractivity (Wildman–Crippen MR) is 107 cm³/mol. The summed E-state index contributed by atoms with van der Waals surface area (Å²) in [5, 5.41) is 11.2. The molecule has 0 saturated carbocycles. The van der Waals surface area contributed by atoms with Crippen molar-refractivity contribution in [2.45, 2.75) is 19.6 Å². The summed E-state index contributed by atoms with van der Waals surface area (Å²) < 4.78 is 54.9. The van der Waals surface area contributed by atoms with Gasteiger partial charge in [0.2, 0.25) is 5.43 Å². The van der Waals surface area contributed by atoms with E-state index in [9.17, 15) is 27.2 Å².